The summed E-state index contributed by atoms with van der Waals surface area (Å²) in [6.45, 7) is 3.92. The Bertz CT molecular complexity index is 502. The molecule has 0 bridgehead atoms. The summed E-state index contributed by atoms with van der Waals surface area (Å²) in [5.74, 6) is 2.58. The molecule has 0 amide bonds. The van der Waals surface area contributed by atoms with Gasteiger partial charge in [0, 0.05) is 18.0 Å². The van der Waals surface area contributed by atoms with Crippen LogP contribution in [0.3, 0.4) is 0 Å². The van der Waals surface area contributed by atoms with Gasteiger partial charge in [0.05, 0.1) is 7.05 Å². The van der Waals surface area contributed by atoms with Crippen LogP contribution in [0.1, 0.15) is 29.0 Å². The lowest BCUT2D eigenvalue weighted by Gasteiger charge is -2.12. The van der Waals surface area contributed by atoms with Crippen molar-refractivity contribution in [2.45, 2.75) is 26.3 Å². The van der Waals surface area contributed by atoms with Crippen molar-refractivity contribution >= 4 is 0 Å². The predicted octanol–water partition coefficient (Wildman–Crippen LogP) is 0.923. The summed E-state index contributed by atoms with van der Waals surface area (Å²) in [6, 6.07) is 2.20. The van der Waals surface area contributed by atoms with E-state index in [0.29, 0.717) is 6.42 Å². The summed E-state index contributed by atoms with van der Waals surface area (Å²) in [6.07, 6.45) is 0.699. The fourth-order valence-electron chi connectivity index (χ4n) is 1.95. The summed E-state index contributed by atoms with van der Waals surface area (Å²) in [4.78, 5) is 1.47. The lowest BCUT2D eigenvalue weighted by molar-refractivity contribution is 0.488. The zero-order valence-corrected chi connectivity index (χ0v) is 10.6. The molecule has 2 rings (SSSR count). The van der Waals surface area contributed by atoms with Crippen molar-refractivity contribution in [2.24, 2.45) is 7.05 Å². The maximum atomic E-state index is 5.54. The van der Waals surface area contributed by atoms with Crippen LogP contribution >= 0.6 is 0 Å². The van der Waals surface area contributed by atoms with E-state index in [9.17, 15) is 0 Å². The van der Waals surface area contributed by atoms with Gasteiger partial charge < -0.3 is 9.73 Å². The average Bonchev–Trinajstić information content (AvgIpc) is 2.82. The molecule has 6 heteroatoms. The number of nitrogens with one attached hydrogen (secondary N) is 1. The van der Waals surface area contributed by atoms with E-state index in [1.807, 2.05) is 27.0 Å². The Hall–Kier alpha value is -1.69. The number of aryl methyl sites for hydroxylation is 3. The third kappa shape index (κ3) is 2.52. The summed E-state index contributed by atoms with van der Waals surface area (Å²) in [5, 5.41) is 15.3. The molecule has 1 N–H and O–H groups in total. The van der Waals surface area contributed by atoms with Gasteiger partial charge in [0.2, 0.25) is 0 Å². The first-order chi connectivity index (χ1) is 8.10. The Morgan fingerprint density at radius 1 is 1.47 bits per heavy atom. The number of aromatic nitrogens is 4. The zero-order valence-electron chi connectivity index (χ0n) is 10.6. The smallest absolute Gasteiger partial charge is 0.176 e. The van der Waals surface area contributed by atoms with E-state index in [2.05, 4.69) is 20.7 Å². The molecule has 92 valence electrons. The Labute approximate surface area is 100 Å². The number of rotatable bonds is 4. The highest BCUT2D eigenvalue weighted by molar-refractivity contribution is 5.24. The van der Waals surface area contributed by atoms with Crippen molar-refractivity contribution in [3.63, 3.8) is 0 Å². The molecule has 1 unspecified atom stereocenters. The largest absolute Gasteiger partial charge is 0.466 e. The van der Waals surface area contributed by atoms with E-state index < -0.39 is 0 Å². The molecule has 2 heterocycles. The van der Waals surface area contributed by atoms with Gasteiger partial charge in [-0.05, 0) is 32.2 Å². The van der Waals surface area contributed by atoms with Crippen molar-refractivity contribution in [1.29, 1.82) is 0 Å². The second-order valence-electron chi connectivity index (χ2n) is 4.11. The Balaban J connectivity index is 2.19. The Kier molecular flexibility index (Phi) is 3.23. The van der Waals surface area contributed by atoms with Gasteiger partial charge in [-0.2, -0.15) is 4.80 Å². The lowest BCUT2D eigenvalue weighted by atomic mass is 10.0. The van der Waals surface area contributed by atoms with E-state index in [0.717, 1.165) is 22.9 Å². The van der Waals surface area contributed by atoms with Crippen molar-refractivity contribution in [2.75, 3.05) is 7.05 Å². The van der Waals surface area contributed by atoms with Crippen LogP contribution < -0.4 is 5.32 Å². The van der Waals surface area contributed by atoms with E-state index in [1.165, 1.54) is 4.80 Å². The number of hydrogen-bond donors (Lipinski definition) is 1. The third-order valence-corrected chi connectivity index (χ3v) is 2.74. The molecule has 0 aromatic carbocycles. The summed E-state index contributed by atoms with van der Waals surface area (Å²) in [5.41, 5.74) is 1.15. The van der Waals surface area contributed by atoms with Crippen molar-refractivity contribution < 1.29 is 4.42 Å². The second kappa shape index (κ2) is 4.67. The Morgan fingerprint density at radius 3 is 2.71 bits per heavy atom. The monoisotopic (exact) mass is 235 g/mol. The number of nitrogens with zero attached hydrogens (tertiary/aromatic N) is 4. The lowest BCUT2D eigenvalue weighted by Crippen LogP contribution is -2.19. The summed E-state index contributed by atoms with van der Waals surface area (Å²) < 4.78 is 5.54. The van der Waals surface area contributed by atoms with Crippen LogP contribution in [0.5, 0.6) is 0 Å². The molecule has 0 aliphatic heterocycles. The molecule has 0 saturated heterocycles. The van der Waals surface area contributed by atoms with Crippen LogP contribution in [0.25, 0.3) is 0 Å². The van der Waals surface area contributed by atoms with Crippen molar-refractivity contribution in [3.05, 3.63) is 29.0 Å². The highest BCUT2D eigenvalue weighted by Crippen LogP contribution is 2.23. The van der Waals surface area contributed by atoms with Crippen LogP contribution in [-0.4, -0.2) is 27.3 Å². The van der Waals surface area contributed by atoms with Gasteiger partial charge >= 0.3 is 0 Å². The van der Waals surface area contributed by atoms with Gasteiger partial charge in [0.1, 0.15) is 11.5 Å². The fourth-order valence-corrected chi connectivity index (χ4v) is 1.95. The molecule has 2 aromatic heterocycles. The first-order valence-electron chi connectivity index (χ1n) is 5.57. The molecule has 0 fully saturated rings. The maximum absolute atomic E-state index is 5.54. The highest BCUT2D eigenvalue weighted by Gasteiger charge is 2.18. The molecule has 0 aliphatic carbocycles. The summed E-state index contributed by atoms with van der Waals surface area (Å²) in [7, 11) is 3.68. The molecule has 17 heavy (non-hydrogen) atoms. The van der Waals surface area contributed by atoms with Gasteiger partial charge in [0.15, 0.2) is 5.82 Å². The van der Waals surface area contributed by atoms with Crippen molar-refractivity contribution in [1.82, 2.24) is 25.5 Å². The standard InChI is InChI=1S/C11H17N5O/c1-7-5-9(8(2)17-7)10(12-3)6-11-13-15-16(4)14-11/h5,10,12H,6H2,1-4H3. The number of furan rings is 1. The van der Waals surface area contributed by atoms with Crippen LogP contribution in [0.15, 0.2) is 10.5 Å². The molecule has 0 spiro atoms. The molecule has 0 aliphatic rings. The fraction of sp³-hybridized carbons (Fsp3) is 0.545. The number of likely N-dealkylation sites (N-methyl/N-ethyl adjacent to an activating group) is 1. The molecule has 0 saturated carbocycles. The van der Waals surface area contributed by atoms with E-state index in [4.69, 9.17) is 4.42 Å². The van der Waals surface area contributed by atoms with Crippen LogP contribution in [0, 0.1) is 13.8 Å². The van der Waals surface area contributed by atoms with Crippen LogP contribution in [0.4, 0.5) is 0 Å². The quantitative estimate of drug-likeness (QED) is 0.853. The molecular weight excluding hydrogens is 218 g/mol. The minimum Gasteiger partial charge on any atom is -0.466 e. The van der Waals surface area contributed by atoms with Crippen LogP contribution in [-0.2, 0) is 13.5 Å². The normalized spacial score (nSPS) is 12.9. The molecular formula is C11H17N5O. The maximum Gasteiger partial charge on any atom is 0.176 e. The van der Waals surface area contributed by atoms with E-state index in [-0.39, 0.29) is 6.04 Å². The number of tetrazole rings is 1. The van der Waals surface area contributed by atoms with Gasteiger partial charge in [0.25, 0.3) is 0 Å². The minimum atomic E-state index is 0.150. The topological polar surface area (TPSA) is 68.8 Å². The van der Waals surface area contributed by atoms with Gasteiger partial charge in [-0.1, -0.05) is 0 Å². The molecule has 2 aromatic rings. The highest BCUT2D eigenvalue weighted by atomic mass is 16.3. The molecule has 1 atom stereocenters. The molecule has 0 radical (unpaired) electrons. The van der Waals surface area contributed by atoms with Gasteiger partial charge in [-0.25, -0.2) is 0 Å². The van der Waals surface area contributed by atoms with Gasteiger partial charge in [-0.15, -0.1) is 10.2 Å². The second-order valence-corrected chi connectivity index (χ2v) is 4.11. The number of hydrogen-bond acceptors (Lipinski definition) is 5. The van der Waals surface area contributed by atoms with Crippen molar-refractivity contribution in [3.8, 4) is 0 Å². The summed E-state index contributed by atoms with van der Waals surface area (Å²) >= 11 is 0. The van der Waals surface area contributed by atoms with Crippen LogP contribution in [0.2, 0.25) is 0 Å². The Morgan fingerprint density at radius 2 is 2.24 bits per heavy atom. The predicted molar refractivity (Wildman–Crippen MR) is 62.5 cm³/mol. The first-order valence-corrected chi connectivity index (χ1v) is 5.57. The van der Waals surface area contributed by atoms with Gasteiger partial charge in [-0.3, -0.25) is 0 Å². The SMILES string of the molecule is CNC(Cc1nnn(C)n1)c1cc(C)oc1C. The average molecular weight is 235 g/mol. The van der Waals surface area contributed by atoms with E-state index in [1.54, 1.807) is 7.05 Å². The molecule has 6 nitrogen and oxygen atoms in total. The first kappa shape index (κ1) is 11.8. The third-order valence-electron chi connectivity index (χ3n) is 2.74. The minimum absolute atomic E-state index is 0.150. The zero-order chi connectivity index (χ0) is 12.4. The van der Waals surface area contributed by atoms with E-state index >= 15 is 0 Å².